The summed E-state index contributed by atoms with van der Waals surface area (Å²) in [7, 11) is -4.82. The van der Waals surface area contributed by atoms with Crippen molar-refractivity contribution >= 4 is 19.8 Å². The predicted molar refractivity (Wildman–Crippen MR) is 217 cm³/mol. The van der Waals surface area contributed by atoms with Crippen LogP contribution in [0.2, 0.25) is 0 Å². The van der Waals surface area contributed by atoms with E-state index >= 15 is 0 Å². The minimum atomic E-state index is -4.82. The molecule has 9 nitrogen and oxygen atoms in total. The Morgan fingerprint density at radius 2 is 1.08 bits per heavy atom. The first-order chi connectivity index (χ1) is 25.7. The number of aliphatic hydroxyl groups excluding tert-OH is 1. The molecule has 0 spiro atoms. The molecule has 0 aromatic heterocycles. The fraction of sp³-hybridized carbons (Fsp3) is 0.535. The summed E-state index contributed by atoms with van der Waals surface area (Å²) in [5.41, 5.74) is 0. The number of phosphoric ester groups is 1. The van der Waals surface area contributed by atoms with Gasteiger partial charge in [-0.05, 0) is 77.0 Å². The summed E-state index contributed by atoms with van der Waals surface area (Å²) in [5, 5.41) is 10.2. The second kappa shape index (κ2) is 37.0. The first kappa shape index (κ1) is 49.7. The van der Waals surface area contributed by atoms with Crippen LogP contribution >= 0.6 is 7.82 Å². The van der Waals surface area contributed by atoms with Gasteiger partial charge in [-0.15, -0.1) is 0 Å². The van der Waals surface area contributed by atoms with Gasteiger partial charge < -0.3 is 24.4 Å². The minimum Gasteiger partial charge on any atom is -0.462 e. The normalized spacial score (nSPS) is 14.3. The van der Waals surface area contributed by atoms with Gasteiger partial charge in [0.05, 0.1) is 12.7 Å². The molecular formula is C43H67O9P. The fourth-order valence-electron chi connectivity index (χ4n) is 4.55. The van der Waals surface area contributed by atoms with Gasteiger partial charge in [0.15, 0.2) is 6.10 Å². The van der Waals surface area contributed by atoms with Gasteiger partial charge in [-0.3, -0.25) is 14.1 Å². The zero-order valence-corrected chi connectivity index (χ0v) is 33.1. The topological polar surface area (TPSA) is 140 Å². The van der Waals surface area contributed by atoms with Crippen LogP contribution < -0.4 is 0 Å². The van der Waals surface area contributed by atoms with Crippen LogP contribution in [0.3, 0.4) is 0 Å². The first-order valence-electron chi connectivity index (χ1n) is 19.3. The first-order valence-corrected chi connectivity index (χ1v) is 20.8. The molecule has 0 aromatic rings. The molecule has 0 aliphatic rings. The van der Waals surface area contributed by atoms with Gasteiger partial charge in [0, 0.05) is 12.8 Å². The smallest absolute Gasteiger partial charge is 0.462 e. The Morgan fingerprint density at radius 3 is 1.62 bits per heavy atom. The maximum absolute atomic E-state index is 12.4. The van der Waals surface area contributed by atoms with Crippen molar-refractivity contribution in [2.75, 3.05) is 13.2 Å². The highest BCUT2D eigenvalue weighted by atomic mass is 31.2. The van der Waals surface area contributed by atoms with Crippen LogP contribution in [0.4, 0.5) is 0 Å². The van der Waals surface area contributed by atoms with Gasteiger partial charge in [-0.25, -0.2) is 4.57 Å². The number of aliphatic hydroxyl groups is 1. The van der Waals surface area contributed by atoms with Gasteiger partial charge in [0.2, 0.25) is 0 Å². The maximum atomic E-state index is 12.4. The zero-order valence-electron chi connectivity index (χ0n) is 32.2. The van der Waals surface area contributed by atoms with E-state index in [0.717, 1.165) is 83.5 Å². The van der Waals surface area contributed by atoms with Crippen LogP contribution in [0.25, 0.3) is 0 Å². The van der Waals surface area contributed by atoms with E-state index in [0.29, 0.717) is 6.42 Å². The Hall–Kier alpha value is -3.33. The number of esters is 2. The molecule has 0 heterocycles. The summed E-state index contributed by atoms with van der Waals surface area (Å²) in [4.78, 5) is 42.8. The molecular weight excluding hydrogens is 691 g/mol. The van der Waals surface area contributed by atoms with E-state index in [4.69, 9.17) is 19.3 Å². The summed E-state index contributed by atoms with van der Waals surface area (Å²) < 4.78 is 26.1. The number of carbonyl (C=O) groups excluding carboxylic acids is 2. The van der Waals surface area contributed by atoms with Crippen LogP contribution in [0, 0.1) is 0 Å². The number of unbranched alkanes of at least 4 members (excludes halogenated alkanes) is 5. The summed E-state index contributed by atoms with van der Waals surface area (Å²) in [6.45, 7) is 3.20. The zero-order chi connectivity index (χ0) is 39.1. The van der Waals surface area contributed by atoms with Gasteiger partial charge in [-0.1, -0.05) is 142 Å². The van der Waals surface area contributed by atoms with Gasteiger partial charge in [0.1, 0.15) is 6.61 Å². The number of hydrogen-bond donors (Lipinski definition) is 3. The van der Waals surface area contributed by atoms with Crippen LogP contribution in [-0.4, -0.2) is 52.3 Å². The maximum Gasteiger partial charge on any atom is 0.469 e. The standard InChI is InChI=1S/C43H67O9P/c1-3-5-7-9-11-13-15-17-19-21-22-24-26-28-30-32-34-40(44)36-37-42(45)50-38-41(39-51-53(47,48)49)52-43(46)35-33-31-29-27-25-23-20-18-16-14-12-10-8-6-4-2/h5-8,11-14,17-20,22,24,28,30,32,34,40-41,44H,3-4,9-10,15-16,21,23,25-27,29,31,33,35-39H2,1-2H3,(H2,47,48,49)/b7-5-,8-6-,13-11-,14-12-,19-17-,20-18-,24-22-,30-28-,34-32-/t40?,41-/m1/s1. The van der Waals surface area contributed by atoms with Crippen molar-refractivity contribution in [1.29, 1.82) is 0 Å². The van der Waals surface area contributed by atoms with Crippen molar-refractivity contribution in [2.45, 2.75) is 135 Å². The summed E-state index contributed by atoms with van der Waals surface area (Å²) >= 11 is 0. The number of rotatable bonds is 33. The van der Waals surface area contributed by atoms with Crippen LogP contribution in [0.5, 0.6) is 0 Å². The van der Waals surface area contributed by atoms with Crippen molar-refractivity contribution < 1.29 is 43.0 Å². The van der Waals surface area contributed by atoms with E-state index in [2.05, 4.69) is 103 Å². The summed E-state index contributed by atoms with van der Waals surface area (Å²) in [6, 6.07) is 0. The Morgan fingerprint density at radius 1 is 0.585 bits per heavy atom. The molecule has 10 heteroatoms. The number of carbonyl (C=O) groups is 2. The molecule has 3 N–H and O–H groups in total. The van der Waals surface area contributed by atoms with Crippen LogP contribution in [-0.2, 0) is 28.2 Å². The average molecular weight is 759 g/mol. The third-order valence-corrected chi connectivity index (χ3v) is 7.89. The molecule has 0 saturated heterocycles. The van der Waals surface area contributed by atoms with Gasteiger partial charge in [-0.2, -0.15) is 0 Å². The SMILES string of the molecule is CC/C=C\C/C=C\C/C=C\C/C=C\C/C=C\C=C/C(O)CCC(=O)OC[C@H](COP(=O)(O)O)OC(=O)CCCCCCC/C=C\C/C=C\C/C=C\CC. The Balaban J connectivity index is 4.26. The summed E-state index contributed by atoms with van der Waals surface area (Å²) in [5.74, 6) is -1.20. The van der Waals surface area contributed by atoms with E-state index in [1.165, 1.54) is 0 Å². The van der Waals surface area contributed by atoms with Gasteiger partial charge >= 0.3 is 19.8 Å². The third kappa shape index (κ3) is 39.7. The van der Waals surface area contributed by atoms with E-state index < -0.39 is 45.2 Å². The highest BCUT2D eigenvalue weighted by Gasteiger charge is 2.23. The second-order valence-corrected chi connectivity index (χ2v) is 13.6. The molecule has 0 rings (SSSR count). The molecule has 0 saturated carbocycles. The lowest BCUT2D eigenvalue weighted by molar-refractivity contribution is -0.161. The molecule has 0 bridgehead atoms. The van der Waals surface area contributed by atoms with Crippen molar-refractivity contribution in [1.82, 2.24) is 0 Å². The van der Waals surface area contributed by atoms with Crippen molar-refractivity contribution in [3.63, 3.8) is 0 Å². The minimum absolute atomic E-state index is 0.0963. The van der Waals surface area contributed by atoms with Crippen molar-refractivity contribution in [2.24, 2.45) is 0 Å². The molecule has 0 aliphatic carbocycles. The number of allylic oxidation sites excluding steroid dienone is 17. The molecule has 53 heavy (non-hydrogen) atoms. The molecule has 1 unspecified atom stereocenters. The predicted octanol–water partition coefficient (Wildman–Crippen LogP) is 10.6. The lowest BCUT2D eigenvalue weighted by Crippen LogP contribution is -2.29. The Bertz CT molecular complexity index is 1230. The monoisotopic (exact) mass is 758 g/mol. The molecule has 0 aromatic carbocycles. The lowest BCUT2D eigenvalue weighted by atomic mass is 10.1. The van der Waals surface area contributed by atoms with E-state index in [1.807, 2.05) is 12.2 Å². The van der Waals surface area contributed by atoms with Crippen molar-refractivity contribution in [3.8, 4) is 0 Å². The second-order valence-electron chi connectivity index (χ2n) is 12.3. The number of hydrogen-bond acceptors (Lipinski definition) is 7. The van der Waals surface area contributed by atoms with E-state index in [9.17, 15) is 19.3 Å². The molecule has 0 amide bonds. The Kier molecular flexibility index (Phi) is 34.7. The third-order valence-electron chi connectivity index (χ3n) is 7.40. The van der Waals surface area contributed by atoms with E-state index in [-0.39, 0.29) is 19.3 Å². The molecule has 0 aliphatic heterocycles. The van der Waals surface area contributed by atoms with Crippen LogP contribution in [0.15, 0.2) is 109 Å². The average Bonchev–Trinajstić information content (AvgIpc) is 3.12. The van der Waals surface area contributed by atoms with Crippen molar-refractivity contribution in [3.05, 3.63) is 109 Å². The highest BCUT2D eigenvalue weighted by Crippen LogP contribution is 2.36. The highest BCUT2D eigenvalue weighted by molar-refractivity contribution is 7.46. The Labute approximate surface area is 319 Å². The lowest BCUT2D eigenvalue weighted by Gasteiger charge is -2.18. The number of ether oxygens (including phenoxy) is 2. The molecule has 0 radical (unpaired) electrons. The quantitative estimate of drug-likeness (QED) is 0.0196. The van der Waals surface area contributed by atoms with Gasteiger partial charge in [0.25, 0.3) is 0 Å². The molecule has 0 fully saturated rings. The molecule has 2 atom stereocenters. The molecule has 298 valence electrons. The largest absolute Gasteiger partial charge is 0.469 e. The number of phosphoric acid groups is 1. The summed E-state index contributed by atoms with van der Waals surface area (Å²) in [6.07, 6.45) is 48.5. The fourth-order valence-corrected chi connectivity index (χ4v) is 4.91. The van der Waals surface area contributed by atoms with Crippen LogP contribution in [0.1, 0.15) is 123 Å². The van der Waals surface area contributed by atoms with E-state index in [1.54, 1.807) is 12.2 Å².